The van der Waals surface area contributed by atoms with Crippen LogP contribution in [0.2, 0.25) is 5.02 Å². The SMILES string of the molecule is FC(F)(F)c1cccc(-n2nc(-c3cc(C(F)(F)F)ccc3Cl)c3c2NCCCC3)c1. The van der Waals surface area contributed by atoms with Crippen molar-refractivity contribution in [1.29, 1.82) is 0 Å². The van der Waals surface area contributed by atoms with Gasteiger partial charge in [-0.1, -0.05) is 17.7 Å². The standard InChI is InChI=1S/C21H16ClF6N3/c22-17-8-7-13(21(26,27)28)11-16(17)18-15-6-1-2-9-29-19(15)31(30-18)14-5-3-4-12(10-14)20(23,24)25/h3-5,7-8,10-11,29H,1-2,6,9H2. The Bertz CT molecular complexity index is 1120. The van der Waals surface area contributed by atoms with Gasteiger partial charge in [0.25, 0.3) is 0 Å². The molecule has 2 heterocycles. The highest BCUT2D eigenvalue weighted by molar-refractivity contribution is 6.33. The van der Waals surface area contributed by atoms with Crippen LogP contribution in [0.5, 0.6) is 0 Å². The summed E-state index contributed by atoms with van der Waals surface area (Å²) < 4.78 is 80.7. The molecule has 0 radical (unpaired) electrons. The third-order valence-electron chi connectivity index (χ3n) is 5.10. The van der Waals surface area contributed by atoms with Crippen molar-refractivity contribution in [3.63, 3.8) is 0 Å². The Hall–Kier alpha value is -2.68. The second kappa shape index (κ2) is 7.78. The average Bonchev–Trinajstić information content (AvgIpc) is 2.88. The van der Waals surface area contributed by atoms with E-state index in [4.69, 9.17) is 11.6 Å². The molecular formula is C21H16ClF6N3. The zero-order valence-electron chi connectivity index (χ0n) is 15.9. The summed E-state index contributed by atoms with van der Waals surface area (Å²) in [5.74, 6) is 0.459. The van der Waals surface area contributed by atoms with Gasteiger partial charge in [0, 0.05) is 17.7 Å². The van der Waals surface area contributed by atoms with Crippen molar-refractivity contribution in [2.24, 2.45) is 0 Å². The van der Waals surface area contributed by atoms with Crippen LogP contribution in [0.25, 0.3) is 16.9 Å². The fourth-order valence-electron chi connectivity index (χ4n) is 3.60. The maximum Gasteiger partial charge on any atom is 0.416 e. The largest absolute Gasteiger partial charge is 0.416 e. The highest BCUT2D eigenvalue weighted by atomic mass is 35.5. The number of anilines is 1. The minimum Gasteiger partial charge on any atom is -0.370 e. The van der Waals surface area contributed by atoms with Gasteiger partial charge in [-0.3, -0.25) is 0 Å². The molecule has 3 nitrogen and oxygen atoms in total. The molecule has 1 aliphatic rings. The van der Waals surface area contributed by atoms with Crippen LogP contribution >= 0.6 is 11.6 Å². The van der Waals surface area contributed by atoms with Gasteiger partial charge < -0.3 is 5.32 Å². The zero-order chi connectivity index (χ0) is 22.4. The molecule has 0 fully saturated rings. The topological polar surface area (TPSA) is 29.9 Å². The predicted molar refractivity (Wildman–Crippen MR) is 105 cm³/mol. The second-order valence-electron chi connectivity index (χ2n) is 7.21. The number of nitrogens with one attached hydrogen (secondary N) is 1. The van der Waals surface area contributed by atoms with E-state index in [2.05, 4.69) is 10.4 Å². The molecule has 0 unspecified atom stereocenters. The molecule has 4 rings (SSSR count). The van der Waals surface area contributed by atoms with E-state index in [-0.39, 0.29) is 22.0 Å². The molecule has 1 N–H and O–H groups in total. The van der Waals surface area contributed by atoms with Gasteiger partial charge >= 0.3 is 12.4 Å². The first-order valence-corrected chi connectivity index (χ1v) is 9.84. The van der Waals surface area contributed by atoms with Gasteiger partial charge in [0.2, 0.25) is 0 Å². The number of hydrogen-bond donors (Lipinski definition) is 1. The average molecular weight is 460 g/mol. The summed E-state index contributed by atoms with van der Waals surface area (Å²) in [6.45, 7) is 0.563. The summed E-state index contributed by atoms with van der Waals surface area (Å²) in [4.78, 5) is 0. The Morgan fingerprint density at radius 2 is 1.61 bits per heavy atom. The minimum atomic E-state index is -4.57. The molecule has 0 bridgehead atoms. The van der Waals surface area contributed by atoms with Crippen LogP contribution in [0, 0.1) is 0 Å². The van der Waals surface area contributed by atoms with Crippen molar-refractivity contribution in [1.82, 2.24) is 9.78 Å². The van der Waals surface area contributed by atoms with Crippen molar-refractivity contribution in [3.8, 4) is 16.9 Å². The summed E-state index contributed by atoms with van der Waals surface area (Å²) in [6, 6.07) is 7.59. The van der Waals surface area contributed by atoms with Crippen LogP contribution in [-0.4, -0.2) is 16.3 Å². The van der Waals surface area contributed by atoms with Crippen molar-refractivity contribution in [2.45, 2.75) is 31.6 Å². The van der Waals surface area contributed by atoms with Crippen molar-refractivity contribution < 1.29 is 26.3 Å². The van der Waals surface area contributed by atoms with Crippen LogP contribution in [0.3, 0.4) is 0 Å². The van der Waals surface area contributed by atoms with E-state index in [1.807, 2.05) is 0 Å². The van der Waals surface area contributed by atoms with Crippen molar-refractivity contribution in [3.05, 3.63) is 64.2 Å². The Morgan fingerprint density at radius 1 is 0.903 bits per heavy atom. The fraction of sp³-hybridized carbons (Fsp3) is 0.286. The van der Waals surface area contributed by atoms with Gasteiger partial charge in [-0.15, -0.1) is 0 Å². The number of alkyl halides is 6. The van der Waals surface area contributed by atoms with Gasteiger partial charge in [-0.25, -0.2) is 4.68 Å². The number of aromatic nitrogens is 2. The molecule has 0 amide bonds. The summed E-state index contributed by atoms with van der Waals surface area (Å²) >= 11 is 6.22. The first-order chi connectivity index (χ1) is 14.6. The number of rotatable bonds is 2. The van der Waals surface area contributed by atoms with Crippen LogP contribution < -0.4 is 5.32 Å². The van der Waals surface area contributed by atoms with E-state index < -0.39 is 23.5 Å². The molecule has 0 aliphatic carbocycles. The van der Waals surface area contributed by atoms with Crippen molar-refractivity contribution >= 4 is 17.4 Å². The predicted octanol–water partition coefficient (Wildman–Crippen LogP) is 6.98. The number of fused-ring (bicyclic) bond motifs is 1. The third kappa shape index (κ3) is 4.23. The zero-order valence-corrected chi connectivity index (χ0v) is 16.7. The highest BCUT2D eigenvalue weighted by Gasteiger charge is 2.33. The van der Waals surface area contributed by atoms with E-state index in [1.54, 1.807) is 0 Å². The van der Waals surface area contributed by atoms with Crippen molar-refractivity contribution in [2.75, 3.05) is 11.9 Å². The van der Waals surface area contributed by atoms with Gasteiger partial charge in [0.15, 0.2) is 0 Å². The fourth-order valence-corrected chi connectivity index (χ4v) is 3.81. The Balaban J connectivity index is 1.92. The maximum atomic E-state index is 13.3. The number of halogens is 7. The van der Waals surface area contributed by atoms with E-state index in [0.717, 1.165) is 43.2 Å². The van der Waals surface area contributed by atoms with Crippen LogP contribution in [0.4, 0.5) is 32.2 Å². The first-order valence-electron chi connectivity index (χ1n) is 9.46. The van der Waals surface area contributed by atoms with E-state index in [9.17, 15) is 26.3 Å². The summed E-state index contributed by atoms with van der Waals surface area (Å²) in [6.07, 6.45) is -7.06. The quantitative estimate of drug-likeness (QED) is 0.419. The molecule has 10 heteroatoms. The summed E-state index contributed by atoms with van der Waals surface area (Å²) in [5, 5.41) is 7.65. The van der Waals surface area contributed by atoms with Gasteiger partial charge in [-0.2, -0.15) is 31.4 Å². The Labute approximate surface area is 178 Å². The maximum absolute atomic E-state index is 13.3. The highest BCUT2D eigenvalue weighted by Crippen LogP contribution is 2.40. The molecule has 1 aromatic heterocycles. The lowest BCUT2D eigenvalue weighted by molar-refractivity contribution is -0.138. The van der Waals surface area contributed by atoms with Crippen LogP contribution in [-0.2, 0) is 18.8 Å². The molecule has 1 aliphatic heterocycles. The minimum absolute atomic E-state index is 0.0775. The number of nitrogens with zero attached hydrogens (tertiary/aromatic N) is 2. The lowest BCUT2D eigenvalue weighted by atomic mass is 10.0. The number of hydrogen-bond acceptors (Lipinski definition) is 2. The van der Waals surface area contributed by atoms with Gasteiger partial charge in [0.1, 0.15) is 5.82 Å². The first kappa shape index (κ1) is 21.5. The molecule has 0 saturated heterocycles. The summed E-state index contributed by atoms with van der Waals surface area (Å²) in [7, 11) is 0. The van der Waals surface area contributed by atoms with E-state index in [0.29, 0.717) is 24.3 Å². The van der Waals surface area contributed by atoms with Gasteiger partial charge in [0.05, 0.1) is 27.5 Å². The molecule has 0 saturated carbocycles. The molecular weight excluding hydrogens is 444 g/mol. The molecule has 3 aromatic rings. The van der Waals surface area contributed by atoms with Crippen LogP contribution in [0.15, 0.2) is 42.5 Å². The monoisotopic (exact) mass is 459 g/mol. The molecule has 0 atom stereocenters. The molecule has 31 heavy (non-hydrogen) atoms. The Morgan fingerprint density at radius 3 is 2.32 bits per heavy atom. The third-order valence-corrected chi connectivity index (χ3v) is 5.43. The molecule has 2 aromatic carbocycles. The molecule has 0 spiro atoms. The summed E-state index contributed by atoms with van der Waals surface area (Å²) in [5.41, 5.74) is -0.650. The Kier molecular flexibility index (Phi) is 5.41. The van der Waals surface area contributed by atoms with Crippen LogP contribution in [0.1, 0.15) is 29.5 Å². The van der Waals surface area contributed by atoms with Gasteiger partial charge in [-0.05, 0) is 55.7 Å². The van der Waals surface area contributed by atoms with E-state index in [1.165, 1.54) is 16.8 Å². The number of benzene rings is 2. The second-order valence-corrected chi connectivity index (χ2v) is 7.62. The lowest BCUT2D eigenvalue weighted by Gasteiger charge is -2.12. The lowest BCUT2D eigenvalue weighted by Crippen LogP contribution is -2.09. The normalized spacial score (nSPS) is 14.7. The molecule has 164 valence electrons. The van der Waals surface area contributed by atoms with E-state index >= 15 is 0 Å². The smallest absolute Gasteiger partial charge is 0.370 e.